The zero-order valence-electron chi connectivity index (χ0n) is 14.0. The van der Waals surface area contributed by atoms with Gasteiger partial charge in [-0.3, -0.25) is 9.59 Å². The molecule has 4 bridgehead atoms. The molecule has 0 atom stereocenters. The summed E-state index contributed by atoms with van der Waals surface area (Å²) >= 11 is 0. The monoisotopic (exact) mass is 319 g/mol. The predicted octanol–water partition coefficient (Wildman–Crippen LogP) is 3.19. The molecule has 0 aromatic carbocycles. The van der Waals surface area contributed by atoms with Crippen LogP contribution in [0.4, 0.5) is 0 Å². The average molecular weight is 319 g/mol. The largest absolute Gasteiger partial charge is 0.456 e. The van der Waals surface area contributed by atoms with Crippen molar-refractivity contribution in [1.29, 1.82) is 0 Å². The average Bonchev–Trinajstić information content (AvgIpc) is 2.96. The zero-order valence-corrected chi connectivity index (χ0v) is 14.0. The first kappa shape index (κ1) is 15.5. The SMILES string of the molecule is O=C(COC(=O)CC1CCCC1)NC12CC3CC(CC(C3)C1)C2. The van der Waals surface area contributed by atoms with Crippen molar-refractivity contribution in [3.8, 4) is 0 Å². The lowest BCUT2D eigenvalue weighted by Crippen LogP contribution is -2.60. The third-order valence-electron chi connectivity index (χ3n) is 6.74. The molecule has 5 aliphatic rings. The van der Waals surface area contributed by atoms with Crippen LogP contribution in [0.3, 0.4) is 0 Å². The lowest BCUT2D eigenvalue weighted by Gasteiger charge is -2.56. The van der Waals surface area contributed by atoms with Crippen LogP contribution in [0.1, 0.15) is 70.6 Å². The van der Waals surface area contributed by atoms with Gasteiger partial charge in [-0.2, -0.15) is 0 Å². The lowest BCUT2D eigenvalue weighted by atomic mass is 9.53. The molecule has 1 amide bonds. The van der Waals surface area contributed by atoms with Crippen molar-refractivity contribution in [3.05, 3.63) is 0 Å². The van der Waals surface area contributed by atoms with Crippen molar-refractivity contribution < 1.29 is 14.3 Å². The number of ether oxygens (including phenoxy) is 1. The Labute approximate surface area is 138 Å². The van der Waals surface area contributed by atoms with Crippen LogP contribution in [0.2, 0.25) is 0 Å². The molecule has 23 heavy (non-hydrogen) atoms. The van der Waals surface area contributed by atoms with E-state index in [4.69, 9.17) is 4.74 Å². The number of amides is 1. The highest BCUT2D eigenvalue weighted by molar-refractivity contribution is 5.81. The van der Waals surface area contributed by atoms with Crippen LogP contribution in [-0.4, -0.2) is 24.0 Å². The van der Waals surface area contributed by atoms with E-state index >= 15 is 0 Å². The van der Waals surface area contributed by atoms with Crippen molar-refractivity contribution >= 4 is 11.9 Å². The molecule has 5 rings (SSSR count). The standard InChI is InChI=1S/C19H29NO3/c21-17(12-23-18(22)8-13-3-1-2-4-13)20-19-9-14-5-15(10-19)7-16(6-14)11-19/h13-16H,1-12H2,(H,20,21). The number of carbonyl (C=O) groups is 2. The predicted molar refractivity (Wildman–Crippen MR) is 86.6 cm³/mol. The Balaban J connectivity index is 1.24. The van der Waals surface area contributed by atoms with Gasteiger partial charge in [0.05, 0.1) is 0 Å². The van der Waals surface area contributed by atoms with Gasteiger partial charge in [-0.25, -0.2) is 0 Å². The van der Waals surface area contributed by atoms with Gasteiger partial charge < -0.3 is 10.1 Å². The van der Waals surface area contributed by atoms with Gasteiger partial charge in [0.25, 0.3) is 5.91 Å². The molecule has 0 saturated heterocycles. The number of hydrogen-bond acceptors (Lipinski definition) is 3. The van der Waals surface area contributed by atoms with Crippen LogP contribution >= 0.6 is 0 Å². The lowest BCUT2D eigenvalue weighted by molar-refractivity contribution is -0.151. The molecule has 128 valence electrons. The van der Waals surface area contributed by atoms with E-state index in [1.54, 1.807) is 0 Å². The summed E-state index contributed by atoms with van der Waals surface area (Å²) in [6, 6.07) is 0. The van der Waals surface area contributed by atoms with E-state index < -0.39 is 0 Å². The van der Waals surface area contributed by atoms with Crippen LogP contribution in [0.25, 0.3) is 0 Å². The fourth-order valence-corrected chi connectivity index (χ4v) is 6.25. The topological polar surface area (TPSA) is 55.4 Å². The van der Waals surface area contributed by atoms with Crippen molar-refractivity contribution in [2.45, 2.75) is 76.2 Å². The first-order chi connectivity index (χ1) is 11.1. The second-order valence-corrected chi connectivity index (χ2v) is 8.76. The van der Waals surface area contributed by atoms with Crippen LogP contribution in [-0.2, 0) is 14.3 Å². The highest BCUT2D eigenvalue weighted by Gasteiger charge is 2.51. The van der Waals surface area contributed by atoms with Crippen LogP contribution in [0, 0.1) is 23.7 Å². The summed E-state index contributed by atoms with van der Waals surface area (Å²) < 4.78 is 5.23. The third-order valence-corrected chi connectivity index (χ3v) is 6.74. The van der Waals surface area contributed by atoms with E-state index in [1.165, 1.54) is 32.1 Å². The van der Waals surface area contributed by atoms with Crippen molar-refractivity contribution in [3.63, 3.8) is 0 Å². The molecule has 0 aromatic heterocycles. The molecule has 5 aliphatic carbocycles. The Kier molecular flexibility index (Phi) is 4.10. The van der Waals surface area contributed by atoms with Crippen molar-refractivity contribution in [2.24, 2.45) is 23.7 Å². The van der Waals surface area contributed by atoms with Gasteiger partial charge in [0, 0.05) is 12.0 Å². The summed E-state index contributed by atoms with van der Waals surface area (Å²) in [5, 5.41) is 3.26. The molecule has 1 N–H and O–H groups in total. The van der Waals surface area contributed by atoms with Gasteiger partial charge in [-0.1, -0.05) is 12.8 Å². The Morgan fingerprint density at radius 1 is 0.957 bits per heavy atom. The van der Waals surface area contributed by atoms with E-state index in [0.717, 1.165) is 49.9 Å². The molecular formula is C19H29NO3. The normalized spacial score (nSPS) is 38.7. The number of nitrogens with one attached hydrogen (secondary N) is 1. The number of rotatable bonds is 5. The molecule has 0 unspecified atom stereocenters. The van der Waals surface area contributed by atoms with E-state index in [1.807, 2.05) is 0 Å². The Hall–Kier alpha value is -1.06. The number of carbonyl (C=O) groups excluding carboxylic acids is 2. The molecule has 0 aromatic rings. The summed E-state index contributed by atoms with van der Waals surface area (Å²) in [6.07, 6.45) is 12.7. The van der Waals surface area contributed by atoms with E-state index in [0.29, 0.717) is 12.3 Å². The Bertz CT molecular complexity index is 446. The van der Waals surface area contributed by atoms with E-state index in [-0.39, 0.29) is 24.0 Å². The second kappa shape index (κ2) is 6.10. The number of esters is 1. The maximum Gasteiger partial charge on any atom is 0.306 e. The highest BCUT2D eigenvalue weighted by Crippen LogP contribution is 2.55. The van der Waals surface area contributed by atoms with Gasteiger partial charge in [0.15, 0.2) is 6.61 Å². The summed E-state index contributed by atoms with van der Waals surface area (Å²) in [5.41, 5.74) is 0.0176. The van der Waals surface area contributed by atoms with Gasteiger partial charge in [-0.15, -0.1) is 0 Å². The van der Waals surface area contributed by atoms with E-state index in [2.05, 4.69) is 5.32 Å². The molecule has 0 radical (unpaired) electrons. The zero-order chi connectivity index (χ0) is 15.9. The second-order valence-electron chi connectivity index (χ2n) is 8.76. The molecule has 4 heteroatoms. The van der Waals surface area contributed by atoms with E-state index in [9.17, 15) is 9.59 Å². The van der Waals surface area contributed by atoms with Gasteiger partial charge in [0.1, 0.15) is 0 Å². The molecule has 0 aliphatic heterocycles. The quantitative estimate of drug-likeness (QED) is 0.792. The summed E-state index contributed by atoms with van der Waals surface area (Å²) in [4.78, 5) is 24.1. The first-order valence-corrected chi connectivity index (χ1v) is 9.57. The molecule has 0 spiro atoms. The number of hydrogen-bond donors (Lipinski definition) is 1. The summed E-state index contributed by atoms with van der Waals surface area (Å²) in [5.74, 6) is 2.63. The minimum Gasteiger partial charge on any atom is -0.456 e. The van der Waals surface area contributed by atoms with Gasteiger partial charge in [0.2, 0.25) is 0 Å². The maximum absolute atomic E-state index is 12.3. The Morgan fingerprint density at radius 2 is 1.52 bits per heavy atom. The minimum atomic E-state index is -0.197. The van der Waals surface area contributed by atoms with Crippen LogP contribution in [0.15, 0.2) is 0 Å². The Morgan fingerprint density at radius 3 is 2.09 bits per heavy atom. The molecular weight excluding hydrogens is 290 g/mol. The molecule has 5 saturated carbocycles. The van der Waals surface area contributed by atoms with Crippen molar-refractivity contribution in [1.82, 2.24) is 5.32 Å². The fourth-order valence-electron chi connectivity index (χ4n) is 6.25. The van der Waals surface area contributed by atoms with Gasteiger partial charge in [-0.05, 0) is 75.0 Å². The highest BCUT2D eigenvalue weighted by atomic mass is 16.5. The molecule has 4 nitrogen and oxygen atoms in total. The molecule has 0 heterocycles. The fraction of sp³-hybridized carbons (Fsp3) is 0.895. The molecule has 5 fully saturated rings. The van der Waals surface area contributed by atoms with Crippen LogP contribution < -0.4 is 5.32 Å². The maximum atomic E-state index is 12.3. The summed E-state index contributed by atoms with van der Waals surface area (Å²) in [7, 11) is 0. The van der Waals surface area contributed by atoms with Crippen LogP contribution in [0.5, 0.6) is 0 Å². The smallest absolute Gasteiger partial charge is 0.306 e. The minimum absolute atomic E-state index is 0.0176. The van der Waals surface area contributed by atoms with Gasteiger partial charge >= 0.3 is 5.97 Å². The summed E-state index contributed by atoms with van der Waals surface area (Å²) in [6.45, 7) is -0.0900. The third kappa shape index (κ3) is 3.41. The first-order valence-electron chi connectivity index (χ1n) is 9.57. The van der Waals surface area contributed by atoms with Crippen molar-refractivity contribution in [2.75, 3.05) is 6.61 Å².